The maximum Gasteiger partial charge on any atom is 0.219 e. The van der Waals surface area contributed by atoms with Crippen LogP contribution in [0.3, 0.4) is 0 Å². The molecular weight excluding hydrogens is 184 g/mol. The summed E-state index contributed by atoms with van der Waals surface area (Å²) in [5.74, 6) is 0.570. The molecule has 0 radical (unpaired) electrons. The summed E-state index contributed by atoms with van der Waals surface area (Å²) in [6.45, 7) is 7.15. The Bertz CT molecular complexity index is 192. The van der Waals surface area contributed by atoms with Gasteiger partial charge in [0.05, 0.1) is 4.99 Å². The molecule has 3 nitrogen and oxygen atoms in total. The summed E-state index contributed by atoms with van der Waals surface area (Å²) in [5, 5.41) is 0. The molecule has 0 saturated carbocycles. The molecule has 4 heteroatoms. The minimum atomic E-state index is 0.0879. The molecule has 13 heavy (non-hydrogen) atoms. The van der Waals surface area contributed by atoms with Gasteiger partial charge >= 0.3 is 0 Å². The van der Waals surface area contributed by atoms with Gasteiger partial charge in [-0.1, -0.05) is 26.1 Å². The number of nitrogens with two attached hydrogens (primary N) is 1. The number of rotatable bonds is 5. The van der Waals surface area contributed by atoms with Crippen LogP contribution in [0, 0.1) is 5.92 Å². The Morgan fingerprint density at radius 3 is 2.38 bits per heavy atom. The molecule has 0 aliphatic heterocycles. The zero-order valence-corrected chi connectivity index (χ0v) is 9.36. The normalized spacial score (nSPS) is 10.2. The number of nitrogens with zero attached hydrogens (tertiary/aromatic N) is 1. The van der Waals surface area contributed by atoms with Crippen molar-refractivity contribution in [3.8, 4) is 0 Å². The molecule has 0 unspecified atom stereocenters. The zero-order valence-electron chi connectivity index (χ0n) is 8.54. The summed E-state index contributed by atoms with van der Waals surface area (Å²) >= 11 is 4.75. The fourth-order valence-electron chi connectivity index (χ4n) is 1.06. The fraction of sp³-hybridized carbons (Fsp3) is 0.778. The first kappa shape index (κ1) is 12.4. The fourth-order valence-corrected chi connectivity index (χ4v) is 1.15. The van der Waals surface area contributed by atoms with Crippen LogP contribution < -0.4 is 5.73 Å². The molecule has 0 saturated heterocycles. The van der Waals surface area contributed by atoms with Gasteiger partial charge in [-0.05, 0) is 5.92 Å². The molecule has 0 rings (SSSR count). The van der Waals surface area contributed by atoms with Gasteiger partial charge in [0.15, 0.2) is 0 Å². The molecule has 0 aromatic carbocycles. The van der Waals surface area contributed by atoms with Crippen LogP contribution in [-0.4, -0.2) is 28.9 Å². The second-order valence-corrected chi connectivity index (χ2v) is 4.10. The first-order valence-corrected chi connectivity index (χ1v) is 4.88. The van der Waals surface area contributed by atoms with E-state index < -0.39 is 0 Å². The van der Waals surface area contributed by atoms with E-state index in [-0.39, 0.29) is 5.91 Å². The minimum absolute atomic E-state index is 0.0879. The van der Waals surface area contributed by atoms with Gasteiger partial charge in [-0.25, -0.2) is 0 Å². The largest absolute Gasteiger partial charge is 0.393 e. The highest BCUT2D eigenvalue weighted by atomic mass is 32.1. The molecule has 0 spiro atoms. The van der Waals surface area contributed by atoms with Crippen molar-refractivity contribution in [2.24, 2.45) is 11.7 Å². The lowest BCUT2D eigenvalue weighted by molar-refractivity contribution is -0.129. The maximum atomic E-state index is 11.1. The Hall–Kier alpha value is -0.640. The Morgan fingerprint density at radius 2 is 2.08 bits per heavy atom. The molecule has 0 bridgehead atoms. The number of amides is 1. The van der Waals surface area contributed by atoms with Gasteiger partial charge in [0.2, 0.25) is 5.91 Å². The highest BCUT2D eigenvalue weighted by Crippen LogP contribution is 2.00. The van der Waals surface area contributed by atoms with Crippen molar-refractivity contribution in [3.05, 3.63) is 0 Å². The predicted octanol–water partition coefficient (Wildman–Crippen LogP) is 1.17. The van der Waals surface area contributed by atoms with E-state index in [0.29, 0.717) is 23.9 Å². The van der Waals surface area contributed by atoms with Crippen molar-refractivity contribution < 1.29 is 4.79 Å². The van der Waals surface area contributed by atoms with Crippen LogP contribution in [0.1, 0.15) is 27.2 Å². The maximum absolute atomic E-state index is 11.1. The Balaban J connectivity index is 3.95. The quantitative estimate of drug-likeness (QED) is 0.681. The number of hydrogen-bond acceptors (Lipinski definition) is 2. The van der Waals surface area contributed by atoms with Gasteiger partial charge in [-0.2, -0.15) is 0 Å². The van der Waals surface area contributed by atoms with Crippen molar-refractivity contribution in [1.29, 1.82) is 0 Å². The van der Waals surface area contributed by atoms with E-state index >= 15 is 0 Å². The lowest BCUT2D eigenvalue weighted by Crippen LogP contribution is -2.34. The van der Waals surface area contributed by atoms with Gasteiger partial charge in [-0.15, -0.1) is 0 Å². The van der Waals surface area contributed by atoms with E-state index in [0.717, 1.165) is 6.54 Å². The van der Waals surface area contributed by atoms with Crippen LogP contribution in [0.25, 0.3) is 0 Å². The number of hydrogen-bond donors (Lipinski definition) is 1. The first-order chi connectivity index (χ1) is 5.93. The van der Waals surface area contributed by atoms with E-state index in [9.17, 15) is 4.79 Å². The highest BCUT2D eigenvalue weighted by Gasteiger charge is 2.09. The Morgan fingerprint density at radius 1 is 1.54 bits per heavy atom. The second-order valence-electron chi connectivity index (χ2n) is 3.58. The van der Waals surface area contributed by atoms with Crippen molar-refractivity contribution >= 4 is 23.1 Å². The van der Waals surface area contributed by atoms with E-state index in [1.807, 2.05) is 0 Å². The predicted molar refractivity (Wildman–Crippen MR) is 58.5 cm³/mol. The van der Waals surface area contributed by atoms with E-state index in [1.165, 1.54) is 0 Å². The van der Waals surface area contributed by atoms with Crippen LogP contribution in [-0.2, 0) is 4.79 Å². The van der Waals surface area contributed by atoms with Crippen LogP contribution >= 0.6 is 12.2 Å². The molecule has 1 amide bonds. The standard InChI is InChI=1S/C9H18N2OS/c1-7(2)6-11(8(3)12)5-4-9(10)13/h7H,4-6H2,1-3H3,(H2,10,13). The molecule has 0 atom stereocenters. The van der Waals surface area contributed by atoms with Gasteiger partial charge in [0.25, 0.3) is 0 Å². The zero-order chi connectivity index (χ0) is 10.4. The van der Waals surface area contributed by atoms with Crippen molar-refractivity contribution in [2.45, 2.75) is 27.2 Å². The minimum Gasteiger partial charge on any atom is -0.393 e. The highest BCUT2D eigenvalue weighted by molar-refractivity contribution is 7.80. The lowest BCUT2D eigenvalue weighted by atomic mass is 10.2. The average molecular weight is 202 g/mol. The molecule has 76 valence electrons. The second kappa shape index (κ2) is 5.91. The van der Waals surface area contributed by atoms with Gasteiger partial charge < -0.3 is 10.6 Å². The summed E-state index contributed by atoms with van der Waals surface area (Å²) in [5.41, 5.74) is 5.37. The third-order valence-corrected chi connectivity index (χ3v) is 1.86. The molecule has 0 aromatic rings. The summed E-state index contributed by atoms with van der Waals surface area (Å²) in [6.07, 6.45) is 0.613. The van der Waals surface area contributed by atoms with Crippen LogP contribution in [0.2, 0.25) is 0 Å². The van der Waals surface area contributed by atoms with Gasteiger partial charge in [0.1, 0.15) is 0 Å². The molecule has 0 aromatic heterocycles. The lowest BCUT2D eigenvalue weighted by Gasteiger charge is -2.22. The topological polar surface area (TPSA) is 46.3 Å². The third-order valence-electron chi connectivity index (χ3n) is 1.66. The average Bonchev–Trinajstić information content (AvgIpc) is 1.96. The molecular formula is C9H18N2OS. The SMILES string of the molecule is CC(=O)N(CCC(N)=S)CC(C)C. The summed E-state index contributed by atoms with van der Waals surface area (Å²) < 4.78 is 0. The number of carbonyl (C=O) groups is 1. The summed E-state index contributed by atoms with van der Waals surface area (Å²) in [7, 11) is 0. The smallest absolute Gasteiger partial charge is 0.219 e. The van der Waals surface area contributed by atoms with Gasteiger partial charge in [-0.3, -0.25) is 4.79 Å². The van der Waals surface area contributed by atoms with Crippen LogP contribution in [0.4, 0.5) is 0 Å². The van der Waals surface area contributed by atoms with E-state index in [4.69, 9.17) is 18.0 Å². The van der Waals surface area contributed by atoms with Gasteiger partial charge in [0, 0.05) is 26.4 Å². The Labute approximate surface area is 85.3 Å². The van der Waals surface area contributed by atoms with Crippen LogP contribution in [0.15, 0.2) is 0 Å². The summed E-state index contributed by atoms with van der Waals surface area (Å²) in [6, 6.07) is 0. The van der Waals surface area contributed by atoms with E-state index in [1.54, 1.807) is 11.8 Å². The van der Waals surface area contributed by atoms with E-state index in [2.05, 4.69) is 13.8 Å². The molecule has 2 N–H and O–H groups in total. The molecule has 0 aliphatic rings. The number of thiocarbonyl (C=S) groups is 1. The monoisotopic (exact) mass is 202 g/mol. The van der Waals surface area contributed by atoms with Crippen LogP contribution in [0.5, 0.6) is 0 Å². The molecule has 0 heterocycles. The summed E-state index contributed by atoms with van der Waals surface area (Å²) in [4.78, 5) is 13.4. The Kier molecular flexibility index (Phi) is 5.62. The third kappa shape index (κ3) is 6.51. The van der Waals surface area contributed by atoms with Crippen molar-refractivity contribution in [3.63, 3.8) is 0 Å². The molecule has 0 aliphatic carbocycles. The number of carbonyl (C=O) groups excluding carboxylic acids is 1. The molecule has 0 fully saturated rings. The first-order valence-electron chi connectivity index (χ1n) is 4.47. The van der Waals surface area contributed by atoms with Crippen molar-refractivity contribution in [2.75, 3.05) is 13.1 Å². The van der Waals surface area contributed by atoms with Crippen molar-refractivity contribution in [1.82, 2.24) is 4.90 Å².